The monoisotopic (exact) mass is 444 g/mol. The molecule has 0 bridgehead atoms. The molecule has 32 heavy (non-hydrogen) atoms. The van der Waals surface area contributed by atoms with Crippen LogP contribution in [0.2, 0.25) is 0 Å². The predicted octanol–water partition coefficient (Wildman–Crippen LogP) is -0.146. The summed E-state index contributed by atoms with van der Waals surface area (Å²) in [7, 11) is 0. The van der Waals surface area contributed by atoms with Gasteiger partial charge in [0.1, 0.15) is 6.54 Å². The Hall–Kier alpha value is -4.68. The van der Waals surface area contributed by atoms with Crippen molar-refractivity contribution in [3.8, 4) is 17.2 Å². The smallest absolute Gasteiger partial charge is 0.270 e. The number of rotatable bonds is 7. The Kier molecular flexibility index (Phi) is 5.91. The van der Waals surface area contributed by atoms with Crippen molar-refractivity contribution in [1.82, 2.24) is 15.5 Å². The largest absolute Gasteiger partial charge is 0.504 e. The number of amides is 4. The number of fused-ring (bicyclic) bond motifs is 1. The van der Waals surface area contributed by atoms with Crippen LogP contribution >= 0.6 is 0 Å². The molecule has 0 spiro atoms. The second-order valence-corrected chi connectivity index (χ2v) is 6.65. The van der Waals surface area contributed by atoms with E-state index in [2.05, 4.69) is 10.6 Å². The number of benzene rings is 2. The van der Waals surface area contributed by atoms with Crippen molar-refractivity contribution < 1.29 is 39.4 Å². The van der Waals surface area contributed by atoms with E-state index in [0.717, 1.165) is 30.3 Å². The van der Waals surface area contributed by atoms with Crippen LogP contribution in [0.4, 0.5) is 5.69 Å². The molecule has 4 amide bonds. The first-order valence-electron chi connectivity index (χ1n) is 9.04. The van der Waals surface area contributed by atoms with E-state index in [-0.39, 0.29) is 35.5 Å². The summed E-state index contributed by atoms with van der Waals surface area (Å²) in [6.45, 7) is -0.760. The highest BCUT2D eigenvalue weighted by Gasteiger charge is 2.37. The number of phenolic OH excluding ortho intramolecular Hbond substituents is 3. The molecule has 3 rings (SSSR count). The van der Waals surface area contributed by atoms with Gasteiger partial charge in [-0.2, -0.15) is 0 Å². The van der Waals surface area contributed by atoms with E-state index >= 15 is 0 Å². The molecule has 0 unspecified atom stereocenters. The lowest BCUT2D eigenvalue weighted by Crippen LogP contribution is -2.42. The lowest BCUT2D eigenvalue weighted by Gasteiger charge is -2.14. The van der Waals surface area contributed by atoms with Crippen molar-refractivity contribution >= 4 is 29.3 Å². The Morgan fingerprint density at radius 2 is 1.53 bits per heavy atom. The lowest BCUT2D eigenvalue weighted by atomic mass is 10.1. The topological polar surface area (TPSA) is 199 Å². The number of non-ortho nitro benzene ring substituents is 1. The molecule has 0 aromatic heterocycles. The van der Waals surface area contributed by atoms with Gasteiger partial charge in [0.2, 0.25) is 5.91 Å². The van der Waals surface area contributed by atoms with Gasteiger partial charge in [0.15, 0.2) is 17.2 Å². The molecule has 1 heterocycles. The molecule has 0 fully saturated rings. The van der Waals surface area contributed by atoms with E-state index in [1.54, 1.807) is 0 Å². The van der Waals surface area contributed by atoms with Crippen LogP contribution in [0.5, 0.6) is 17.2 Å². The Bertz CT molecular complexity index is 1140. The molecule has 0 aliphatic carbocycles. The van der Waals surface area contributed by atoms with Crippen LogP contribution in [0.15, 0.2) is 30.3 Å². The molecule has 0 saturated heterocycles. The number of nitro groups is 1. The minimum Gasteiger partial charge on any atom is -0.504 e. The molecule has 13 heteroatoms. The maximum Gasteiger partial charge on any atom is 0.270 e. The SMILES string of the molecule is O=C(CN1C(=O)c2ccc([N+](=O)[O-])cc2C1=O)NCCNC(=O)c1cc(O)c(O)c(O)c1. The molecule has 0 saturated carbocycles. The van der Waals surface area contributed by atoms with Gasteiger partial charge in [-0.3, -0.25) is 34.2 Å². The van der Waals surface area contributed by atoms with Gasteiger partial charge in [-0.1, -0.05) is 0 Å². The van der Waals surface area contributed by atoms with Crippen molar-refractivity contribution in [2.75, 3.05) is 19.6 Å². The van der Waals surface area contributed by atoms with Gasteiger partial charge >= 0.3 is 0 Å². The maximum absolute atomic E-state index is 12.4. The number of aromatic hydroxyl groups is 3. The standard InChI is InChI=1S/C19H16N4O9/c24-13-5-9(6-14(25)16(13)27)17(28)21-4-3-20-15(26)8-22-18(29)11-2-1-10(23(31)32)7-12(11)19(22)30/h1-2,5-7,24-25,27H,3-4,8H2,(H,20,26)(H,21,28). The summed E-state index contributed by atoms with van der Waals surface area (Å²) < 4.78 is 0. The highest BCUT2D eigenvalue weighted by molar-refractivity contribution is 6.22. The highest BCUT2D eigenvalue weighted by atomic mass is 16.6. The third kappa shape index (κ3) is 4.26. The minimum absolute atomic E-state index is 0.0407. The zero-order valence-electron chi connectivity index (χ0n) is 16.2. The maximum atomic E-state index is 12.4. The quantitative estimate of drug-likeness (QED) is 0.127. The Morgan fingerprint density at radius 3 is 2.16 bits per heavy atom. The molecule has 2 aromatic carbocycles. The first kappa shape index (κ1) is 22.0. The van der Waals surface area contributed by atoms with E-state index in [9.17, 15) is 44.6 Å². The molecule has 1 aliphatic rings. The van der Waals surface area contributed by atoms with Crippen molar-refractivity contribution in [2.24, 2.45) is 0 Å². The molecule has 5 N–H and O–H groups in total. The summed E-state index contributed by atoms with van der Waals surface area (Å²) in [4.78, 5) is 59.6. The first-order valence-corrected chi connectivity index (χ1v) is 9.04. The van der Waals surface area contributed by atoms with E-state index in [0.29, 0.717) is 4.90 Å². The normalized spacial score (nSPS) is 12.4. The average molecular weight is 444 g/mol. The second-order valence-electron chi connectivity index (χ2n) is 6.65. The van der Waals surface area contributed by atoms with Crippen molar-refractivity contribution in [1.29, 1.82) is 0 Å². The number of hydrogen-bond donors (Lipinski definition) is 5. The van der Waals surface area contributed by atoms with Gasteiger partial charge in [-0.15, -0.1) is 0 Å². The number of hydrogen-bond acceptors (Lipinski definition) is 9. The minimum atomic E-state index is -0.830. The van der Waals surface area contributed by atoms with Crippen LogP contribution in [0.3, 0.4) is 0 Å². The first-order chi connectivity index (χ1) is 15.1. The Balaban J connectivity index is 1.51. The fourth-order valence-corrected chi connectivity index (χ4v) is 2.95. The number of nitro benzene ring substituents is 1. The van der Waals surface area contributed by atoms with Crippen LogP contribution < -0.4 is 10.6 Å². The van der Waals surface area contributed by atoms with Crippen molar-refractivity contribution in [3.05, 3.63) is 57.1 Å². The van der Waals surface area contributed by atoms with E-state index in [1.807, 2.05) is 0 Å². The molecule has 0 radical (unpaired) electrons. The van der Waals surface area contributed by atoms with E-state index in [1.165, 1.54) is 0 Å². The molecule has 0 atom stereocenters. The predicted molar refractivity (Wildman–Crippen MR) is 105 cm³/mol. The molecule has 166 valence electrons. The second kappa shape index (κ2) is 8.59. The van der Waals surface area contributed by atoms with Crippen LogP contribution in [0, 0.1) is 10.1 Å². The highest BCUT2D eigenvalue weighted by Crippen LogP contribution is 2.35. The van der Waals surface area contributed by atoms with Gasteiger partial charge in [0, 0.05) is 30.8 Å². The van der Waals surface area contributed by atoms with Gasteiger partial charge in [-0.25, -0.2) is 0 Å². The lowest BCUT2D eigenvalue weighted by molar-refractivity contribution is -0.384. The summed E-state index contributed by atoms with van der Waals surface area (Å²) in [5.41, 5.74) is -0.697. The van der Waals surface area contributed by atoms with Crippen molar-refractivity contribution in [2.45, 2.75) is 0 Å². The fraction of sp³-hybridized carbons (Fsp3) is 0.158. The van der Waals surface area contributed by atoms with Crippen molar-refractivity contribution in [3.63, 3.8) is 0 Å². The van der Waals surface area contributed by atoms with Crippen LogP contribution in [-0.4, -0.2) is 68.4 Å². The third-order valence-corrected chi connectivity index (χ3v) is 4.53. The molecule has 1 aliphatic heterocycles. The molecular weight excluding hydrogens is 428 g/mol. The Morgan fingerprint density at radius 1 is 0.938 bits per heavy atom. The van der Waals surface area contributed by atoms with E-state index < -0.39 is 52.3 Å². The summed E-state index contributed by atoms with van der Waals surface area (Å²) >= 11 is 0. The van der Waals surface area contributed by atoms with E-state index in [4.69, 9.17) is 0 Å². The summed E-state index contributed by atoms with van der Waals surface area (Å²) in [6.07, 6.45) is 0. The van der Waals surface area contributed by atoms with Gasteiger partial charge in [-0.05, 0) is 18.2 Å². The number of carbonyl (C=O) groups excluding carboxylic acids is 4. The number of nitrogens with one attached hydrogen (secondary N) is 2. The number of phenols is 3. The number of imide groups is 1. The molecule has 13 nitrogen and oxygen atoms in total. The van der Waals surface area contributed by atoms with Gasteiger partial charge < -0.3 is 26.0 Å². The van der Waals surface area contributed by atoms with Crippen LogP contribution in [0.1, 0.15) is 31.1 Å². The molecule has 2 aromatic rings. The third-order valence-electron chi connectivity index (χ3n) is 4.53. The summed E-state index contributed by atoms with van der Waals surface area (Å²) in [5.74, 6) is -5.13. The fourth-order valence-electron chi connectivity index (χ4n) is 2.95. The zero-order valence-corrected chi connectivity index (χ0v) is 16.2. The van der Waals surface area contributed by atoms with Gasteiger partial charge in [0.05, 0.1) is 16.1 Å². The molecular formula is C19H16N4O9. The average Bonchev–Trinajstić information content (AvgIpc) is 2.98. The Labute approximate surface area is 179 Å². The summed E-state index contributed by atoms with van der Waals surface area (Å²) in [5, 5.41) is 43.8. The van der Waals surface area contributed by atoms with Gasteiger partial charge in [0.25, 0.3) is 23.4 Å². The van der Waals surface area contributed by atoms with Crippen LogP contribution in [0.25, 0.3) is 0 Å². The summed E-state index contributed by atoms with van der Waals surface area (Å²) in [6, 6.07) is 5.09. The number of nitrogens with zero attached hydrogens (tertiary/aromatic N) is 2. The zero-order chi connectivity index (χ0) is 23.6. The number of carbonyl (C=O) groups is 4. The van der Waals surface area contributed by atoms with Crippen LogP contribution in [-0.2, 0) is 4.79 Å².